The van der Waals surface area contributed by atoms with E-state index in [9.17, 15) is 4.79 Å². The number of carbonyl (C=O) groups excluding carboxylic acids is 1. The molecule has 7 heteroatoms. The maximum Gasteiger partial charge on any atom is 0.253 e. The Morgan fingerprint density at radius 3 is 2.84 bits per heavy atom. The number of hydrogen-bond acceptors (Lipinski definition) is 5. The van der Waals surface area contributed by atoms with Gasteiger partial charge in [0.15, 0.2) is 0 Å². The number of rotatable bonds is 8. The highest BCUT2D eigenvalue weighted by Crippen LogP contribution is 2.32. The minimum Gasteiger partial charge on any atom is -0.467 e. The average molecular weight is 449 g/mol. The molecule has 1 unspecified atom stereocenters. The number of thiazole rings is 1. The number of furan rings is 1. The first-order chi connectivity index (χ1) is 15.5. The summed E-state index contributed by atoms with van der Waals surface area (Å²) in [7, 11) is 0. The number of pyridine rings is 1. The molecule has 4 aromatic heterocycles. The monoisotopic (exact) mass is 448 g/mol. The van der Waals surface area contributed by atoms with Gasteiger partial charge < -0.3 is 14.3 Å². The van der Waals surface area contributed by atoms with Crippen molar-refractivity contribution in [1.82, 2.24) is 19.9 Å². The van der Waals surface area contributed by atoms with Gasteiger partial charge in [0.05, 0.1) is 29.8 Å². The van der Waals surface area contributed by atoms with Crippen LogP contribution in [0, 0.1) is 6.92 Å². The number of aromatic nitrogens is 3. The Morgan fingerprint density at radius 2 is 2.12 bits per heavy atom. The predicted octanol–water partition coefficient (Wildman–Crippen LogP) is 5.71. The van der Waals surface area contributed by atoms with E-state index >= 15 is 0 Å². The molecule has 0 radical (unpaired) electrons. The maximum absolute atomic E-state index is 13.0. The molecular formula is C25H28N4O2S. The van der Waals surface area contributed by atoms with Crippen LogP contribution in [0.15, 0.2) is 52.6 Å². The van der Waals surface area contributed by atoms with Crippen molar-refractivity contribution in [2.75, 3.05) is 0 Å². The molecule has 0 aliphatic rings. The topological polar surface area (TPSA) is 73.0 Å². The van der Waals surface area contributed by atoms with Crippen LogP contribution in [0.2, 0.25) is 0 Å². The Hall–Kier alpha value is -3.19. The first-order valence-electron chi connectivity index (χ1n) is 10.9. The fourth-order valence-electron chi connectivity index (χ4n) is 3.58. The van der Waals surface area contributed by atoms with Crippen LogP contribution in [-0.4, -0.2) is 26.5 Å². The molecule has 6 nitrogen and oxygen atoms in total. The summed E-state index contributed by atoms with van der Waals surface area (Å²) in [6.07, 6.45) is 5.26. The van der Waals surface area contributed by atoms with Crippen LogP contribution < -0.4 is 5.32 Å². The van der Waals surface area contributed by atoms with Gasteiger partial charge >= 0.3 is 0 Å². The molecule has 0 aromatic carbocycles. The van der Waals surface area contributed by atoms with Crippen molar-refractivity contribution in [2.24, 2.45) is 0 Å². The molecular weight excluding hydrogens is 420 g/mol. The zero-order chi connectivity index (χ0) is 22.7. The van der Waals surface area contributed by atoms with Crippen LogP contribution in [0.1, 0.15) is 54.7 Å². The van der Waals surface area contributed by atoms with Crippen molar-refractivity contribution in [2.45, 2.75) is 53.1 Å². The van der Waals surface area contributed by atoms with E-state index in [0.717, 1.165) is 51.9 Å². The molecule has 4 rings (SSSR count). The fraction of sp³-hybridized carbons (Fsp3) is 0.320. The van der Waals surface area contributed by atoms with E-state index in [1.807, 2.05) is 49.7 Å². The van der Waals surface area contributed by atoms with Crippen molar-refractivity contribution in [3.05, 3.63) is 70.9 Å². The van der Waals surface area contributed by atoms with E-state index in [1.165, 1.54) is 0 Å². The van der Waals surface area contributed by atoms with Gasteiger partial charge in [0.2, 0.25) is 0 Å². The van der Waals surface area contributed by atoms with Crippen molar-refractivity contribution >= 4 is 17.2 Å². The summed E-state index contributed by atoms with van der Waals surface area (Å²) in [4.78, 5) is 22.3. The molecule has 0 aliphatic heterocycles. The number of nitrogens with one attached hydrogen (secondary N) is 1. The molecule has 1 N–H and O–H groups in total. The van der Waals surface area contributed by atoms with Crippen LogP contribution in [0.4, 0.5) is 0 Å². The smallest absolute Gasteiger partial charge is 0.253 e. The summed E-state index contributed by atoms with van der Waals surface area (Å²) in [5.74, 6) is 0.768. The summed E-state index contributed by atoms with van der Waals surface area (Å²) in [6.45, 7) is 8.68. The van der Waals surface area contributed by atoms with Gasteiger partial charge in [-0.05, 0) is 57.0 Å². The molecule has 0 bridgehead atoms. The van der Waals surface area contributed by atoms with E-state index in [4.69, 9.17) is 9.40 Å². The van der Waals surface area contributed by atoms with Gasteiger partial charge in [-0.15, -0.1) is 11.3 Å². The van der Waals surface area contributed by atoms with Crippen LogP contribution in [0.25, 0.3) is 22.0 Å². The van der Waals surface area contributed by atoms with Gasteiger partial charge in [-0.25, -0.2) is 4.98 Å². The van der Waals surface area contributed by atoms with Gasteiger partial charge in [0, 0.05) is 34.6 Å². The van der Waals surface area contributed by atoms with Crippen LogP contribution in [-0.2, 0) is 13.0 Å². The molecule has 4 aromatic rings. The third kappa shape index (κ3) is 4.53. The molecule has 0 spiro atoms. The van der Waals surface area contributed by atoms with Crippen LogP contribution in [0.5, 0.6) is 0 Å². The third-order valence-corrected chi connectivity index (χ3v) is 6.58. The highest BCUT2D eigenvalue weighted by atomic mass is 32.1. The van der Waals surface area contributed by atoms with Crippen molar-refractivity contribution in [1.29, 1.82) is 0 Å². The molecule has 4 heterocycles. The Balaban J connectivity index is 1.74. The summed E-state index contributed by atoms with van der Waals surface area (Å²) in [6, 6.07) is 9.95. The van der Waals surface area contributed by atoms with E-state index in [2.05, 4.69) is 34.8 Å². The zero-order valence-corrected chi connectivity index (χ0v) is 19.7. The second-order valence-corrected chi connectivity index (χ2v) is 8.76. The van der Waals surface area contributed by atoms with E-state index < -0.39 is 0 Å². The first kappa shape index (κ1) is 22.0. The van der Waals surface area contributed by atoms with Gasteiger partial charge in [-0.1, -0.05) is 13.8 Å². The number of hydrogen-bond donors (Lipinski definition) is 1. The largest absolute Gasteiger partial charge is 0.467 e. The Bertz CT molecular complexity index is 1210. The standard InChI is InChI=1S/C25H28N4O2S/c1-5-16(3)27-24(30)21-13-23(29(17(21)4)14-20-8-7-11-31-20)22-15-32-25(28-22)18-9-10-26-19(6-2)12-18/h7-13,15-16H,5-6,14H2,1-4H3,(H,27,30). The predicted molar refractivity (Wildman–Crippen MR) is 128 cm³/mol. The quantitative estimate of drug-likeness (QED) is 0.374. The highest BCUT2D eigenvalue weighted by molar-refractivity contribution is 7.13. The number of nitrogens with zero attached hydrogens (tertiary/aromatic N) is 3. The van der Waals surface area contributed by atoms with Crippen LogP contribution in [0.3, 0.4) is 0 Å². The van der Waals surface area contributed by atoms with Gasteiger partial charge in [-0.2, -0.15) is 0 Å². The minimum atomic E-state index is -0.0616. The van der Waals surface area contributed by atoms with Crippen molar-refractivity contribution in [3.63, 3.8) is 0 Å². The Labute approximate surface area is 192 Å². The second-order valence-electron chi connectivity index (χ2n) is 7.90. The molecule has 0 saturated carbocycles. The van der Waals surface area contributed by atoms with Crippen molar-refractivity contribution < 1.29 is 9.21 Å². The Kier molecular flexibility index (Phi) is 6.55. The average Bonchev–Trinajstić information content (AvgIpc) is 3.55. The normalized spacial score (nSPS) is 12.1. The lowest BCUT2D eigenvalue weighted by molar-refractivity contribution is 0.0938. The number of carbonyl (C=O) groups is 1. The Morgan fingerprint density at radius 1 is 1.28 bits per heavy atom. The molecule has 166 valence electrons. The molecule has 32 heavy (non-hydrogen) atoms. The molecule has 0 aliphatic carbocycles. The highest BCUT2D eigenvalue weighted by Gasteiger charge is 2.22. The summed E-state index contributed by atoms with van der Waals surface area (Å²) >= 11 is 1.59. The fourth-order valence-corrected chi connectivity index (χ4v) is 4.39. The molecule has 1 atom stereocenters. The van der Waals surface area contributed by atoms with Gasteiger partial charge in [0.25, 0.3) is 5.91 Å². The zero-order valence-electron chi connectivity index (χ0n) is 18.9. The van der Waals surface area contributed by atoms with Gasteiger partial charge in [0.1, 0.15) is 10.8 Å². The van der Waals surface area contributed by atoms with Crippen molar-refractivity contribution in [3.8, 4) is 22.0 Å². The van der Waals surface area contributed by atoms with E-state index in [-0.39, 0.29) is 11.9 Å². The van der Waals surface area contributed by atoms with Crippen LogP contribution >= 0.6 is 11.3 Å². The summed E-state index contributed by atoms with van der Waals surface area (Å²) < 4.78 is 7.69. The first-order valence-corrected chi connectivity index (χ1v) is 11.8. The maximum atomic E-state index is 13.0. The number of amides is 1. The lowest BCUT2D eigenvalue weighted by Crippen LogP contribution is -2.32. The van der Waals surface area contributed by atoms with Gasteiger partial charge in [-0.3, -0.25) is 9.78 Å². The van der Waals surface area contributed by atoms with E-state index in [0.29, 0.717) is 12.1 Å². The summed E-state index contributed by atoms with van der Waals surface area (Å²) in [5.41, 5.74) is 5.41. The second kappa shape index (κ2) is 9.53. The molecule has 0 saturated heterocycles. The SMILES string of the molecule is CCc1cc(-c2nc(-c3cc(C(=O)NC(C)CC)c(C)n3Cc3ccco3)cs2)ccn1. The number of aryl methyl sites for hydroxylation is 1. The summed E-state index contributed by atoms with van der Waals surface area (Å²) in [5, 5.41) is 6.06. The molecule has 0 fully saturated rings. The lowest BCUT2D eigenvalue weighted by atomic mass is 10.2. The molecule has 1 amide bonds. The minimum absolute atomic E-state index is 0.0616. The van der Waals surface area contributed by atoms with E-state index in [1.54, 1.807) is 17.6 Å². The lowest BCUT2D eigenvalue weighted by Gasteiger charge is -2.12. The third-order valence-electron chi connectivity index (χ3n) is 5.69.